The fourth-order valence-corrected chi connectivity index (χ4v) is 3.93. The van der Waals surface area contributed by atoms with Crippen LogP contribution in [0.25, 0.3) is 0 Å². The summed E-state index contributed by atoms with van der Waals surface area (Å²) in [7, 11) is -3.34. The van der Waals surface area contributed by atoms with Crippen LogP contribution in [0, 0.1) is 5.92 Å². The molecule has 0 aliphatic carbocycles. The quantitative estimate of drug-likeness (QED) is 0.662. The topological polar surface area (TPSA) is 87.7 Å². The van der Waals surface area contributed by atoms with Crippen LogP contribution in [-0.4, -0.2) is 70.4 Å². The second kappa shape index (κ2) is 9.91. The fraction of sp³-hybridized carbons (Fsp3) is 0.933. The molecule has 2 fully saturated rings. The van der Waals surface area contributed by atoms with Crippen LogP contribution in [0.1, 0.15) is 32.6 Å². The van der Waals surface area contributed by atoms with Crippen LogP contribution in [0.4, 0.5) is 0 Å². The molecule has 2 aliphatic rings. The lowest BCUT2D eigenvalue weighted by Gasteiger charge is -2.31. The van der Waals surface area contributed by atoms with Gasteiger partial charge in [-0.15, -0.1) is 12.4 Å². The average Bonchev–Trinajstić information content (AvgIpc) is 2.89. The summed E-state index contributed by atoms with van der Waals surface area (Å²) in [6.07, 6.45) is 5.32. The Morgan fingerprint density at radius 1 is 1.25 bits per heavy atom. The standard InChI is InChI=1S/C15H29N3O4S.ClH/c1-3-4-12-10-18(13-5-7-22-8-6-13)11-14(12)17-15(19)9-16-23(2,20)21;/h12-14,16H,3-11H2,1-2H3,(H,17,19);1H/t12-,14-;/m0./s1. The van der Waals surface area contributed by atoms with Crippen LogP contribution in [0.3, 0.4) is 0 Å². The van der Waals surface area contributed by atoms with Gasteiger partial charge in [0, 0.05) is 38.4 Å². The van der Waals surface area contributed by atoms with Crippen molar-refractivity contribution in [1.82, 2.24) is 14.9 Å². The van der Waals surface area contributed by atoms with E-state index in [-0.39, 0.29) is 30.9 Å². The van der Waals surface area contributed by atoms with E-state index >= 15 is 0 Å². The summed E-state index contributed by atoms with van der Waals surface area (Å²) in [5.74, 6) is 0.181. The minimum Gasteiger partial charge on any atom is -0.381 e. The van der Waals surface area contributed by atoms with Crippen LogP contribution < -0.4 is 10.0 Å². The van der Waals surface area contributed by atoms with Crippen molar-refractivity contribution in [3.8, 4) is 0 Å². The highest BCUT2D eigenvalue weighted by molar-refractivity contribution is 7.88. The number of likely N-dealkylation sites (tertiary alicyclic amines) is 1. The van der Waals surface area contributed by atoms with Gasteiger partial charge < -0.3 is 10.1 Å². The number of amides is 1. The predicted molar refractivity (Wildman–Crippen MR) is 95.8 cm³/mol. The molecule has 2 atom stereocenters. The number of hydrogen-bond donors (Lipinski definition) is 2. The molecule has 7 nitrogen and oxygen atoms in total. The number of rotatable bonds is 7. The first-order valence-corrected chi connectivity index (χ1v) is 10.3. The minimum absolute atomic E-state index is 0. The van der Waals surface area contributed by atoms with Gasteiger partial charge in [-0.3, -0.25) is 9.69 Å². The molecule has 0 aromatic heterocycles. The smallest absolute Gasteiger partial charge is 0.235 e. The highest BCUT2D eigenvalue weighted by Gasteiger charge is 2.36. The number of ether oxygens (including phenoxy) is 1. The molecule has 0 radical (unpaired) electrons. The zero-order chi connectivity index (χ0) is 16.9. The van der Waals surface area contributed by atoms with E-state index in [4.69, 9.17) is 4.74 Å². The summed E-state index contributed by atoms with van der Waals surface area (Å²) in [6, 6.07) is 0.644. The molecular formula is C15H30ClN3O4S. The first-order chi connectivity index (χ1) is 10.9. The molecule has 142 valence electrons. The molecule has 0 saturated carbocycles. The molecule has 1 amide bonds. The molecule has 0 aromatic carbocycles. The molecule has 2 heterocycles. The highest BCUT2D eigenvalue weighted by atomic mass is 35.5. The predicted octanol–water partition coefficient (Wildman–Crippen LogP) is 0.353. The Morgan fingerprint density at radius 2 is 1.92 bits per heavy atom. The van der Waals surface area contributed by atoms with Crippen LogP contribution in [0.15, 0.2) is 0 Å². The normalized spacial score (nSPS) is 26.1. The lowest BCUT2D eigenvalue weighted by molar-refractivity contribution is -0.120. The van der Waals surface area contributed by atoms with Crippen molar-refractivity contribution in [2.75, 3.05) is 39.1 Å². The number of nitrogens with zero attached hydrogens (tertiary/aromatic N) is 1. The van der Waals surface area contributed by atoms with E-state index in [2.05, 4.69) is 21.9 Å². The number of carbonyl (C=O) groups excluding carboxylic acids is 1. The Balaban J connectivity index is 0.00000288. The number of hydrogen-bond acceptors (Lipinski definition) is 5. The van der Waals surface area contributed by atoms with Crippen LogP contribution in [0.2, 0.25) is 0 Å². The Morgan fingerprint density at radius 3 is 2.50 bits per heavy atom. The summed E-state index contributed by atoms with van der Waals surface area (Å²) in [5, 5.41) is 3.02. The van der Waals surface area contributed by atoms with E-state index in [0.29, 0.717) is 12.0 Å². The Kier molecular flexibility index (Phi) is 8.94. The van der Waals surface area contributed by atoms with Gasteiger partial charge in [0.2, 0.25) is 15.9 Å². The van der Waals surface area contributed by atoms with Crippen molar-refractivity contribution in [2.24, 2.45) is 5.92 Å². The van der Waals surface area contributed by atoms with Gasteiger partial charge in [-0.05, 0) is 25.2 Å². The van der Waals surface area contributed by atoms with Crippen molar-refractivity contribution in [3.05, 3.63) is 0 Å². The van der Waals surface area contributed by atoms with Gasteiger partial charge in [0.05, 0.1) is 12.8 Å². The van der Waals surface area contributed by atoms with Crippen molar-refractivity contribution < 1.29 is 17.9 Å². The van der Waals surface area contributed by atoms with Gasteiger partial charge in [-0.2, -0.15) is 0 Å². The van der Waals surface area contributed by atoms with E-state index in [0.717, 1.165) is 58.2 Å². The van der Waals surface area contributed by atoms with Gasteiger partial charge >= 0.3 is 0 Å². The molecule has 2 saturated heterocycles. The van der Waals surface area contributed by atoms with Crippen molar-refractivity contribution in [2.45, 2.75) is 44.7 Å². The third-order valence-corrected chi connectivity index (χ3v) is 5.35. The van der Waals surface area contributed by atoms with E-state index < -0.39 is 10.0 Å². The lowest BCUT2D eigenvalue weighted by atomic mass is 9.98. The fourth-order valence-electron chi connectivity index (χ4n) is 3.53. The molecule has 2 rings (SSSR count). The molecule has 2 aliphatic heterocycles. The van der Waals surface area contributed by atoms with Crippen molar-refractivity contribution in [3.63, 3.8) is 0 Å². The Bertz CT molecular complexity index is 497. The maximum Gasteiger partial charge on any atom is 0.235 e. The third kappa shape index (κ3) is 6.84. The van der Waals surface area contributed by atoms with E-state index in [1.165, 1.54) is 0 Å². The lowest BCUT2D eigenvalue weighted by Crippen LogP contribution is -2.46. The summed E-state index contributed by atoms with van der Waals surface area (Å²) in [5.41, 5.74) is 0. The summed E-state index contributed by atoms with van der Waals surface area (Å²) < 4.78 is 29.8. The third-order valence-electron chi connectivity index (χ3n) is 4.68. The highest BCUT2D eigenvalue weighted by Crippen LogP contribution is 2.26. The van der Waals surface area contributed by atoms with Gasteiger partial charge in [0.1, 0.15) is 0 Å². The van der Waals surface area contributed by atoms with Crippen LogP contribution >= 0.6 is 12.4 Å². The minimum atomic E-state index is -3.34. The largest absolute Gasteiger partial charge is 0.381 e. The van der Waals surface area contributed by atoms with Crippen molar-refractivity contribution >= 4 is 28.3 Å². The second-order valence-corrected chi connectivity index (χ2v) is 8.45. The number of carbonyl (C=O) groups is 1. The molecular weight excluding hydrogens is 354 g/mol. The van der Waals surface area contributed by atoms with E-state index in [1.54, 1.807) is 0 Å². The Hall–Kier alpha value is -0.410. The molecule has 9 heteroatoms. The molecule has 0 unspecified atom stereocenters. The Labute approximate surface area is 151 Å². The summed E-state index contributed by atoms with van der Waals surface area (Å²) in [6.45, 7) is 5.44. The van der Waals surface area contributed by atoms with Crippen LogP contribution in [0.5, 0.6) is 0 Å². The average molecular weight is 384 g/mol. The summed E-state index contributed by atoms with van der Waals surface area (Å²) >= 11 is 0. The second-order valence-electron chi connectivity index (χ2n) is 6.61. The van der Waals surface area contributed by atoms with E-state index in [1.807, 2.05) is 0 Å². The summed E-state index contributed by atoms with van der Waals surface area (Å²) in [4.78, 5) is 14.5. The van der Waals surface area contributed by atoms with Gasteiger partial charge in [0.25, 0.3) is 0 Å². The first kappa shape index (κ1) is 21.6. The van der Waals surface area contributed by atoms with Gasteiger partial charge in [-0.1, -0.05) is 13.3 Å². The van der Waals surface area contributed by atoms with Gasteiger partial charge in [0.15, 0.2) is 0 Å². The van der Waals surface area contributed by atoms with E-state index in [9.17, 15) is 13.2 Å². The number of sulfonamides is 1. The molecule has 24 heavy (non-hydrogen) atoms. The first-order valence-electron chi connectivity index (χ1n) is 8.45. The van der Waals surface area contributed by atoms with Crippen LogP contribution in [-0.2, 0) is 19.6 Å². The SMILES string of the molecule is CCC[C@H]1CN(C2CCOCC2)C[C@@H]1NC(=O)CNS(C)(=O)=O.Cl. The monoisotopic (exact) mass is 383 g/mol. The molecule has 0 bridgehead atoms. The number of nitrogens with one attached hydrogen (secondary N) is 2. The molecule has 2 N–H and O–H groups in total. The maximum atomic E-state index is 12.0. The van der Waals surface area contributed by atoms with Gasteiger partial charge in [-0.25, -0.2) is 13.1 Å². The molecule has 0 spiro atoms. The zero-order valence-electron chi connectivity index (χ0n) is 14.5. The zero-order valence-corrected chi connectivity index (χ0v) is 16.1. The maximum absolute atomic E-state index is 12.0. The van der Waals surface area contributed by atoms with Crippen molar-refractivity contribution in [1.29, 1.82) is 0 Å². The number of halogens is 1. The molecule has 0 aromatic rings.